The topological polar surface area (TPSA) is 72.2 Å². The Hall–Kier alpha value is -3.95. The number of hydrogen-bond acceptors (Lipinski definition) is 5. The molecule has 2 aliphatic heterocycles. The van der Waals surface area contributed by atoms with Gasteiger partial charge < -0.3 is 23.7 Å². The van der Waals surface area contributed by atoms with Crippen molar-refractivity contribution in [1.82, 2.24) is 4.90 Å². The van der Waals surface area contributed by atoms with E-state index >= 15 is 0 Å². The third-order valence-corrected chi connectivity index (χ3v) is 7.59. The number of benzene rings is 2. The lowest BCUT2D eigenvalue weighted by Gasteiger charge is -2.28. The maximum Gasteiger partial charge on any atom is 0.449 e. The third-order valence-electron chi connectivity index (χ3n) is 7.59. The molecule has 2 unspecified atom stereocenters. The number of amides is 2. The molecule has 10 heteroatoms. The van der Waals surface area contributed by atoms with Crippen molar-refractivity contribution in [3.8, 4) is 5.75 Å². The van der Waals surface area contributed by atoms with Crippen molar-refractivity contribution < 1.29 is 36.7 Å². The number of alkyl halides is 3. The van der Waals surface area contributed by atoms with E-state index in [1.165, 1.54) is 11.0 Å². The van der Waals surface area contributed by atoms with Gasteiger partial charge in [-0.05, 0) is 62.6 Å². The van der Waals surface area contributed by atoms with Crippen LogP contribution in [0, 0.1) is 0 Å². The number of nitrogens with zero attached hydrogens (tertiary/aromatic N) is 2. The van der Waals surface area contributed by atoms with Crippen LogP contribution in [0.15, 0.2) is 59.0 Å². The molecule has 0 bridgehead atoms. The molecule has 41 heavy (non-hydrogen) atoms. The van der Waals surface area contributed by atoms with Crippen molar-refractivity contribution in [2.24, 2.45) is 0 Å². The Morgan fingerprint density at radius 1 is 1.10 bits per heavy atom. The summed E-state index contributed by atoms with van der Waals surface area (Å²) < 4.78 is 56.0. The van der Waals surface area contributed by atoms with Crippen molar-refractivity contribution in [1.29, 1.82) is 0 Å². The quantitative estimate of drug-likeness (QED) is 0.323. The second kappa shape index (κ2) is 10.2. The van der Waals surface area contributed by atoms with Gasteiger partial charge in [0.05, 0.1) is 6.54 Å². The molecule has 7 nitrogen and oxygen atoms in total. The molecule has 1 spiro atoms. The number of anilines is 1. The summed E-state index contributed by atoms with van der Waals surface area (Å²) in [5, 5.41) is 0. The molecule has 3 heterocycles. The fraction of sp³-hybridized carbons (Fsp3) is 0.419. The number of para-hydroxylation sites is 1. The highest BCUT2D eigenvalue weighted by atomic mass is 19.4. The van der Waals surface area contributed by atoms with Crippen LogP contribution in [0.3, 0.4) is 0 Å². The van der Waals surface area contributed by atoms with Crippen molar-refractivity contribution in [3.05, 3.63) is 82.8 Å². The minimum absolute atomic E-state index is 0.0293. The number of hydrogen-bond donors (Lipinski definition) is 0. The van der Waals surface area contributed by atoms with Crippen molar-refractivity contribution in [2.45, 2.75) is 63.8 Å². The lowest BCUT2D eigenvalue weighted by Crippen LogP contribution is -2.42. The maximum atomic E-state index is 14.2. The first-order chi connectivity index (χ1) is 19.2. The van der Waals surface area contributed by atoms with Gasteiger partial charge >= 0.3 is 12.3 Å². The van der Waals surface area contributed by atoms with Gasteiger partial charge in [-0.15, -0.1) is 0 Å². The number of ether oxygens (including phenoxy) is 2. The molecule has 1 aromatic heterocycles. The fourth-order valence-electron chi connectivity index (χ4n) is 5.59. The molecule has 0 fully saturated rings. The van der Waals surface area contributed by atoms with Gasteiger partial charge in [-0.3, -0.25) is 4.79 Å². The van der Waals surface area contributed by atoms with Crippen LogP contribution in [-0.2, 0) is 27.7 Å². The minimum Gasteiger partial charge on any atom is -0.491 e. The van der Waals surface area contributed by atoms with Crippen LogP contribution < -0.4 is 9.64 Å². The molecule has 0 aliphatic carbocycles. The average molecular weight is 571 g/mol. The SMILES string of the molecule is CCC(CN(C)C(=O)OC(C)(C)C)c1ccc2c(c1)C1(CO2)C(=O)N(Cc2ccc(C(F)(F)F)o2)c2ccccc21. The summed E-state index contributed by atoms with van der Waals surface area (Å²) in [5.41, 5.74) is 1.19. The van der Waals surface area contributed by atoms with Gasteiger partial charge in [0.25, 0.3) is 0 Å². The van der Waals surface area contributed by atoms with Crippen molar-refractivity contribution in [3.63, 3.8) is 0 Å². The molecule has 0 N–H and O–H groups in total. The van der Waals surface area contributed by atoms with E-state index in [-0.39, 0.29) is 30.7 Å². The van der Waals surface area contributed by atoms with E-state index in [1.54, 1.807) is 24.1 Å². The number of carbonyl (C=O) groups is 2. The fourth-order valence-corrected chi connectivity index (χ4v) is 5.59. The molecule has 2 aliphatic rings. The number of rotatable bonds is 6. The smallest absolute Gasteiger partial charge is 0.449 e. The second-order valence-corrected chi connectivity index (χ2v) is 11.6. The summed E-state index contributed by atoms with van der Waals surface area (Å²) in [7, 11) is 1.70. The highest BCUT2D eigenvalue weighted by Gasteiger charge is 2.57. The molecule has 2 aromatic carbocycles. The van der Waals surface area contributed by atoms with Gasteiger partial charge in [-0.25, -0.2) is 4.79 Å². The van der Waals surface area contributed by atoms with E-state index in [2.05, 4.69) is 0 Å². The van der Waals surface area contributed by atoms with Crippen LogP contribution in [0.4, 0.5) is 23.7 Å². The van der Waals surface area contributed by atoms with E-state index in [1.807, 2.05) is 58.0 Å². The normalized spacial score (nSPS) is 18.7. The first kappa shape index (κ1) is 28.6. The highest BCUT2D eigenvalue weighted by molar-refractivity contribution is 6.11. The summed E-state index contributed by atoms with van der Waals surface area (Å²) in [6, 6.07) is 15.1. The standard InChI is InChI=1S/C31H33F3N2O5/c1-6-19(16-35(5)28(38)41-29(2,3)4)20-11-13-25-23(15-20)30(18-39-25)22-9-7-8-10-24(22)36(27(30)37)17-21-12-14-26(40-21)31(32,33)34/h7-15,19H,6,16-18H2,1-5H3. The first-order valence-electron chi connectivity index (χ1n) is 13.5. The molecule has 218 valence electrons. The number of fused-ring (bicyclic) bond motifs is 4. The highest BCUT2D eigenvalue weighted by Crippen LogP contribution is 2.53. The van der Waals surface area contributed by atoms with Crippen LogP contribution in [0.2, 0.25) is 0 Å². The summed E-state index contributed by atoms with van der Waals surface area (Å²) in [6.45, 7) is 7.81. The van der Waals surface area contributed by atoms with Crippen LogP contribution >= 0.6 is 0 Å². The molecule has 0 saturated carbocycles. The lowest BCUT2D eigenvalue weighted by molar-refractivity contribution is -0.153. The van der Waals surface area contributed by atoms with Crippen LogP contribution in [-0.4, -0.2) is 42.7 Å². The summed E-state index contributed by atoms with van der Waals surface area (Å²) >= 11 is 0. The predicted octanol–water partition coefficient (Wildman–Crippen LogP) is 6.88. The number of likely N-dealkylation sites (N-methyl/N-ethyl adjacent to an activating group) is 1. The summed E-state index contributed by atoms with van der Waals surface area (Å²) in [4.78, 5) is 29.9. The van der Waals surface area contributed by atoms with E-state index in [9.17, 15) is 22.8 Å². The van der Waals surface area contributed by atoms with Crippen molar-refractivity contribution in [2.75, 3.05) is 25.1 Å². The molecular formula is C31H33F3N2O5. The van der Waals surface area contributed by atoms with Gasteiger partial charge in [-0.2, -0.15) is 13.2 Å². The summed E-state index contributed by atoms with van der Waals surface area (Å²) in [5.74, 6) is -0.836. The Labute approximate surface area is 236 Å². The van der Waals surface area contributed by atoms with Crippen molar-refractivity contribution >= 4 is 17.7 Å². The predicted molar refractivity (Wildman–Crippen MR) is 146 cm³/mol. The first-order valence-corrected chi connectivity index (χ1v) is 13.5. The zero-order valence-corrected chi connectivity index (χ0v) is 23.7. The van der Waals surface area contributed by atoms with E-state index < -0.39 is 29.0 Å². The maximum absolute atomic E-state index is 14.2. The molecule has 2 amide bonds. The van der Waals surface area contributed by atoms with E-state index in [4.69, 9.17) is 13.9 Å². The number of carbonyl (C=O) groups excluding carboxylic acids is 2. The Morgan fingerprint density at radius 2 is 1.83 bits per heavy atom. The molecule has 0 saturated heterocycles. The molecule has 2 atom stereocenters. The van der Waals surface area contributed by atoms with Gasteiger partial charge in [-0.1, -0.05) is 37.3 Å². The molecule has 5 rings (SSSR count). The van der Waals surface area contributed by atoms with Crippen LogP contribution in [0.5, 0.6) is 5.75 Å². The Balaban J connectivity index is 1.48. The van der Waals surface area contributed by atoms with Crippen LogP contribution in [0.1, 0.15) is 68.2 Å². The largest absolute Gasteiger partial charge is 0.491 e. The summed E-state index contributed by atoms with van der Waals surface area (Å²) in [6.07, 6.45) is -4.30. The third kappa shape index (κ3) is 5.15. The van der Waals surface area contributed by atoms with Gasteiger partial charge in [0.15, 0.2) is 0 Å². The Bertz CT molecular complexity index is 1470. The molecule has 0 radical (unpaired) electrons. The zero-order chi connectivity index (χ0) is 29.7. The van der Waals surface area contributed by atoms with E-state index in [0.29, 0.717) is 23.5 Å². The molecular weight excluding hydrogens is 537 g/mol. The van der Waals surface area contributed by atoms with Crippen LogP contribution in [0.25, 0.3) is 0 Å². The number of halogens is 3. The second-order valence-electron chi connectivity index (χ2n) is 11.6. The lowest BCUT2D eigenvalue weighted by atomic mass is 9.76. The Morgan fingerprint density at radius 3 is 2.49 bits per heavy atom. The van der Waals surface area contributed by atoms with Gasteiger partial charge in [0.1, 0.15) is 29.1 Å². The zero-order valence-electron chi connectivity index (χ0n) is 23.7. The van der Waals surface area contributed by atoms with Gasteiger partial charge in [0, 0.05) is 30.8 Å². The number of furan rings is 1. The molecule has 3 aromatic rings. The van der Waals surface area contributed by atoms with E-state index in [0.717, 1.165) is 23.6 Å². The van der Waals surface area contributed by atoms with Gasteiger partial charge in [0.2, 0.25) is 11.7 Å². The average Bonchev–Trinajstić information content (AvgIpc) is 3.59. The monoisotopic (exact) mass is 570 g/mol. The Kier molecular flexibility index (Phi) is 7.07. The minimum atomic E-state index is -4.62.